The Bertz CT molecular complexity index is 148. The first-order valence-corrected chi connectivity index (χ1v) is 2.60. The molecule has 1 N–H and O–H groups in total. The second-order valence-electron chi connectivity index (χ2n) is 2.07. The van der Waals surface area contributed by atoms with E-state index < -0.39 is 17.8 Å². The number of likely N-dealkylation sites (N-methyl/N-ethyl adjacent to an activating group) is 1. The molecule has 0 aromatic carbocycles. The number of hydrogen-bond acceptors (Lipinski definition) is 3. The summed E-state index contributed by atoms with van der Waals surface area (Å²) in [5.74, 6) is -1.29. The van der Waals surface area contributed by atoms with E-state index in [2.05, 4.69) is 0 Å². The first-order chi connectivity index (χ1) is 4.13. The zero-order valence-corrected chi connectivity index (χ0v) is 5.00. The molecule has 1 aliphatic rings. The van der Waals surface area contributed by atoms with Gasteiger partial charge >= 0.3 is 0 Å². The number of amides is 1. The van der Waals surface area contributed by atoms with Gasteiger partial charge < -0.3 is 10.0 Å². The molecule has 0 aliphatic carbocycles. The molecule has 4 nitrogen and oxygen atoms in total. The molecule has 1 atom stereocenters. The molecule has 1 heterocycles. The summed E-state index contributed by atoms with van der Waals surface area (Å²) in [7, 11) is 1.48. The molecule has 1 amide bonds. The first kappa shape index (κ1) is 6.22. The molecule has 0 aromatic rings. The van der Waals surface area contributed by atoms with Crippen molar-refractivity contribution in [3.8, 4) is 0 Å². The molecule has 1 fully saturated rings. The Labute approximate surface area is 52.1 Å². The van der Waals surface area contributed by atoms with Crippen LogP contribution in [0.4, 0.5) is 0 Å². The molecule has 4 heteroatoms. The van der Waals surface area contributed by atoms with E-state index in [4.69, 9.17) is 5.11 Å². The van der Waals surface area contributed by atoms with Crippen LogP contribution in [0, 0.1) is 0 Å². The van der Waals surface area contributed by atoms with Gasteiger partial charge in [-0.15, -0.1) is 0 Å². The second kappa shape index (κ2) is 1.80. The van der Waals surface area contributed by atoms with Gasteiger partial charge in [-0.2, -0.15) is 0 Å². The summed E-state index contributed by atoms with van der Waals surface area (Å²) in [5.41, 5.74) is 0. The lowest BCUT2D eigenvalue weighted by Crippen LogP contribution is -2.22. The van der Waals surface area contributed by atoms with Crippen molar-refractivity contribution in [1.82, 2.24) is 4.90 Å². The minimum Gasteiger partial charge on any atom is -0.383 e. The molecule has 0 radical (unpaired) electrons. The van der Waals surface area contributed by atoms with Crippen LogP contribution in [0.2, 0.25) is 0 Å². The molecule has 0 aromatic heterocycles. The van der Waals surface area contributed by atoms with E-state index in [0.29, 0.717) is 0 Å². The number of Topliss-reactive ketones (excluding diaryl/α,β-unsaturated/α-hetero) is 1. The van der Waals surface area contributed by atoms with Crippen LogP contribution >= 0.6 is 0 Å². The Morgan fingerprint density at radius 3 is 2.33 bits per heavy atom. The van der Waals surface area contributed by atoms with Crippen LogP contribution in [0.5, 0.6) is 0 Å². The number of ketones is 1. The number of likely N-dealkylation sites (tertiary alicyclic amines) is 1. The minimum atomic E-state index is -1.09. The van der Waals surface area contributed by atoms with Crippen molar-refractivity contribution in [1.29, 1.82) is 0 Å². The lowest BCUT2D eigenvalue weighted by atomic mass is 10.3. The maximum Gasteiger partial charge on any atom is 0.292 e. The van der Waals surface area contributed by atoms with Gasteiger partial charge in [0.15, 0.2) is 0 Å². The highest BCUT2D eigenvalue weighted by atomic mass is 16.3. The van der Waals surface area contributed by atoms with Gasteiger partial charge in [0.25, 0.3) is 5.91 Å². The van der Waals surface area contributed by atoms with Gasteiger partial charge in [0.1, 0.15) is 6.10 Å². The summed E-state index contributed by atoms with van der Waals surface area (Å²) in [6.07, 6.45) is -1.09. The van der Waals surface area contributed by atoms with Gasteiger partial charge in [0.05, 0.1) is 6.54 Å². The number of aliphatic hydroxyl groups excluding tert-OH is 1. The number of carbonyl (C=O) groups is 2. The summed E-state index contributed by atoms with van der Waals surface area (Å²) in [4.78, 5) is 22.2. The molecule has 0 spiro atoms. The number of nitrogens with zero attached hydrogens (tertiary/aromatic N) is 1. The molecule has 1 aliphatic heterocycles. The lowest BCUT2D eigenvalue weighted by molar-refractivity contribution is -0.141. The van der Waals surface area contributed by atoms with E-state index in [1.165, 1.54) is 11.9 Å². The number of rotatable bonds is 0. The van der Waals surface area contributed by atoms with E-state index in [-0.39, 0.29) is 6.54 Å². The van der Waals surface area contributed by atoms with Crippen molar-refractivity contribution in [2.24, 2.45) is 0 Å². The van der Waals surface area contributed by atoms with E-state index >= 15 is 0 Å². The molecule has 1 saturated heterocycles. The van der Waals surface area contributed by atoms with Gasteiger partial charge in [0, 0.05) is 7.05 Å². The van der Waals surface area contributed by atoms with E-state index in [9.17, 15) is 9.59 Å². The average Bonchev–Trinajstić information content (AvgIpc) is 1.98. The molecule has 0 unspecified atom stereocenters. The maximum atomic E-state index is 10.5. The molecule has 0 saturated carbocycles. The van der Waals surface area contributed by atoms with E-state index in [1.807, 2.05) is 0 Å². The minimum absolute atomic E-state index is 0.137. The van der Waals surface area contributed by atoms with Crippen molar-refractivity contribution in [3.63, 3.8) is 0 Å². The highest BCUT2D eigenvalue weighted by Gasteiger charge is 2.34. The number of aliphatic hydroxyl groups is 1. The lowest BCUT2D eigenvalue weighted by Gasteiger charge is -2.02. The molecule has 0 bridgehead atoms. The highest BCUT2D eigenvalue weighted by Crippen LogP contribution is 2.02. The van der Waals surface area contributed by atoms with Gasteiger partial charge in [-0.3, -0.25) is 9.59 Å². The number of carbonyl (C=O) groups excluding carboxylic acids is 2. The van der Waals surface area contributed by atoms with Crippen LogP contribution in [-0.4, -0.2) is 41.4 Å². The van der Waals surface area contributed by atoms with Crippen LogP contribution in [0.3, 0.4) is 0 Å². The Hall–Kier alpha value is -0.900. The second-order valence-corrected chi connectivity index (χ2v) is 2.07. The maximum absolute atomic E-state index is 10.5. The fourth-order valence-electron chi connectivity index (χ4n) is 0.756. The van der Waals surface area contributed by atoms with Gasteiger partial charge in [-0.05, 0) is 0 Å². The van der Waals surface area contributed by atoms with Crippen molar-refractivity contribution in [2.75, 3.05) is 13.6 Å². The van der Waals surface area contributed by atoms with Crippen LogP contribution in [0.1, 0.15) is 0 Å². The largest absolute Gasteiger partial charge is 0.383 e. The van der Waals surface area contributed by atoms with Crippen LogP contribution in [-0.2, 0) is 9.59 Å². The SMILES string of the molecule is CN1C[C@H](O)C(=O)C1=O. The average molecular weight is 129 g/mol. The first-order valence-electron chi connectivity index (χ1n) is 2.60. The monoisotopic (exact) mass is 129 g/mol. The Kier molecular flexibility index (Phi) is 1.25. The predicted octanol–water partition coefficient (Wildman–Crippen LogP) is -1.61. The third-order valence-corrected chi connectivity index (χ3v) is 1.31. The smallest absolute Gasteiger partial charge is 0.292 e. The van der Waals surface area contributed by atoms with Crippen LogP contribution < -0.4 is 0 Å². The van der Waals surface area contributed by atoms with Crippen LogP contribution in [0.15, 0.2) is 0 Å². The quantitative estimate of drug-likeness (QED) is 0.400. The van der Waals surface area contributed by atoms with Crippen LogP contribution in [0.25, 0.3) is 0 Å². The van der Waals surface area contributed by atoms with Crippen molar-refractivity contribution < 1.29 is 14.7 Å². The third kappa shape index (κ3) is 0.810. The van der Waals surface area contributed by atoms with Crippen molar-refractivity contribution in [2.45, 2.75) is 6.10 Å². The summed E-state index contributed by atoms with van der Waals surface area (Å²) in [6, 6.07) is 0. The normalized spacial score (nSPS) is 27.8. The standard InChI is InChI=1S/C5H7NO3/c1-6-2-3(7)4(8)5(6)9/h3,7H,2H2,1H3/t3-/m0/s1. The molecular formula is C5H7NO3. The van der Waals surface area contributed by atoms with Crippen molar-refractivity contribution >= 4 is 11.7 Å². The third-order valence-electron chi connectivity index (χ3n) is 1.31. The summed E-state index contributed by atoms with van der Waals surface area (Å²) in [6.45, 7) is 0.137. The van der Waals surface area contributed by atoms with Gasteiger partial charge in [-0.1, -0.05) is 0 Å². The van der Waals surface area contributed by atoms with Gasteiger partial charge in [0.2, 0.25) is 5.78 Å². The van der Waals surface area contributed by atoms with E-state index in [1.54, 1.807) is 0 Å². The Balaban J connectivity index is 2.77. The van der Waals surface area contributed by atoms with Crippen molar-refractivity contribution in [3.05, 3.63) is 0 Å². The fraction of sp³-hybridized carbons (Fsp3) is 0.600. The number of β-amino-alcohol motifs (C(OH)–C–C–N with tert-alkyl or cyclic N) is 1. The predicted molar refractivity (Wildman–Crippen MR) is 28.7 cm³/mol. The highest BCUT2D eigenvalue weighted by molar-refractivity contribution is 6.39. The van der Waals surface area contributed by atoms with E-state index in [0.717, 1.165) is 0 Å². The Morgan fingerprint density at radius 2 is 2.22 bits per heavy atom. The van der Waals surface area contributed by atoms with Gasteiger partial charge in [-0.25, -0.2) is 0 Å². The summed E-state index contributed by atoms with van der Waals surface area (Å²) in [5, 5.41) is 8.73. The number of hydrogen-bond donors (Lipinski definition) is 1. The summed E-state index contributed by atoms with van der Waals surface area (Å²) >= 11 is 0. The molecule has 1 rings (SSSR count). The fourth-order valence-corrected chi connectivity index (χ4v) is 0.756. The topological polar surface area (TPSA) is 57.6 Å². The molecule has 50 valence electrons. The zero-order valence-electron chi connectivity index (χ0n) is 5.00. The summed E-state index contributed by atoms with van der Waals surface area (Å²) < 4.78 is 0. The molecular weight excluding hydrogens is 122 g/mol. The Morgan fingerprint density at radius 1 is 1.67 bits per heavy atom. The molecule has 9 heavy (non-hydrogen) atoms. The zero-order chi connectivity index (χ0) is 7.02.